The molecule has 1 saturated heterocycles. The van der Waals surface area contributed by atoms with E-state index in [0.717, 1.165) is 18.4 Å². The predicted octanol–water partition coefficient (Wildman–Crippen LogP) is 2.61. The minimum atomic E-state index is -0.416. The van der Waals surface area contributed by atoms with Crippen LogP contribution >= 0.6 is 11.3 Å². The molecule has 1 fully saturated rings. The van der Waals surface area contributed by atoms with E-state index in [1.165, 1.54) is 11.3 Å². The molecule has 0 bridgehead atoms. The lowest BCUT2D eigenvalue weighted by Gasteiger charge is -2.34. The molecule has 0 radical (unpaired) electrons. The van der Waals surface area contributed by atoms with Crippen LogP contribution in [0.1, 0.15) is 42.1 Å². The molecular weight excluding hydrogens is 262 g/mol. The summed E-state index contributed by atoms with van der Waals surface area (Å²) in [6.07, 6.45) is 2.62. The Balaban J connectivity index is 2.18. The van der Waals surface area contributed by atoms with E-state index in [-0.39, 0.29) is 11.9 Å². The van der Waals surface area contributed by atoms with Crippen molar-refractivity contribution in [3.05, 3.63) is 21.9 Å². The van der Waals surface area contributed by atoms with Gasteiger partial charge in [-0.15, -0.1) is 0 Å². The van der Waals surface area contributed by atoms with Gasteiger partial charge in [0.2, 0.25) is 0 Å². The summed E-state index contributed by atoms with van der Waals surface area (Å²) in [7, 11) is 0. The Morgan fingerprint density at radius 2 is 2.21 bits per heavy atom. The Morgan fingerprint density at radius 1 is 1.42 bits per heavy atom. The number of piperidine rings is 1. The van der Waals surface area contributed by atoms with Crippen molar-refractivity contribution in [2.24, 2.45) is 0 Å². The third kappa shape index (κ3) is 2.97. The van der Waals surface area contributed by atoms with Crippen LogP contribution in [0.5, 0.6) is 0 Å². The molecule has 1 unspecified atom stereocenters. The molecule has 1 aliphatic heterocycles. The van der Waals surface area contributed by atoms with Crippen molar-refractivity contribution in [1.29, 1.82) is 0 Å². The lowest BCUT2D eigenvalue weighted by molar-refractivity contribution is -0.149. The van der Waals surface area contributed by atoms with Gasteiger partial charge in [-0.25, -0.2) is 4.79 Å². The number of carbonyl (C=O) groups is 2. The fourth-order valence-electron chi connectivity index (χ4n) is 2.39. The van der Waals surface area contributed by atoms with Gasteiger partial charge < -0.3 is 9.64 Å². The van der Waals surface area contributed by atoms with Crippen LogP contribution in [0.15, 0.2) is 10.8 Å². The van der Waals surface area contributed by atoms with E-state index in [1.807, 2.05) is 17.7 Å². The summed E-state index contributed by atoms with van der Waals surface area (Å²) in [6, 6.07) is -0.416. The first-order valence-corrected chi connectivity index (χ1v) is 7.59. The van der Waals surface area contributed by atoms with Crippen molar-refractivity contribution in [3.8, 4) is 0 Å². The second-order valence-corrected chi connectivity index (χ2v) is 5.47. The smallest absolute Gasteiger partial charge is 0.328 e. The molecule has 0 spiro atoms. The first kappa shape index (κ1) is 14.1. The average molecular weight is 281 g/mol. The minimum absolute atomic E-state index is 0.0449. The van der Waals surface area contributed by atoms with Gasteiger partial charge in [0.25, 0.3) is 5.91 Å². The average Bonchev–Trinajstić information content (AvgIpc) is 2.84. The molecule has 0 aliphatic carbocycles. The highest BCUT2D eigenvalue weighted by atomic mass is 32.1. The molecule has 1 aliphatic rings. The maximum atomic E-state index is 12.5. The number of carbonyl (C=O) groups excluding carboxylic acids is 2. The van der Waals surface area contributed by atoms with Crippen molar-refractivity contribution >= 4 is 23.2 Å². The second-order valence-electron chi connectivity index (χ2n) is 4.73. The first-order chi connectivity index (χ1) is 9.15. The van der Waals surface area contributed by atoms with Crippen molar-refractivity contribution < 1.29 is 14.3 Å². The monoisotopic (exact) mass is 281 g/mol. The number of hydrogen-bond acceptors (Lipinski definition) is 4. The van der Waals surface area contributed by atoms with Crippen LogP contribution in [0.25, 0.3) is 0 Å². The summed E-state index contributed by atoms with van der Waals surface area (Å²) >= 11 is 1.51. The second kappa shape index (κ2) is 6.19. The van der Waals surface area contributed by atoms with Gasteiger partial charge in [-0.05, 0) is 44.1 Å². The van der Waals surface area contributed by atoms with E-state index in [4.69, 9.17) is 4.74 Å². The number of aryl methyl sites for hydroxylation is 1. The molecule has 104 valence electrons. The summed E-state index contributed by atoms with van der Waals surface area (Å²) in [5, 5.41) is 3.81. The van der Waals surface area contributed by atoms with Crippen LogP contribution in [0.3, 0.4) is 0 Å². The highest BCUT2D eigenvalue weighted by Gasteiger charge is 2.34. The molecule has 19 heavy (non-hydrogen) atoms. The molecule has 2 heterocycles. The zero-order valence-corrected chi connectivity index (χ0v) is 12.2. The van der Waals surface area contributed by atoms with Gasteiger partial charge in [-0.2, -0.15) is 11.3 Å². The summed E-state index contributed by atoms with van der Waals surface area (Å²) < 4.78 is 5.08. The lowest BCUT2D eigenvalue weighted by atomic mass is 10.0. The first-order valence-electron chi connectivity index (χ1n) is 6.65. The number of ether oxygens (including phenoxy) is 1. The Labute approximate surface area is 117 Å². The van der Waals surface area contributed by atoms with E-state index in [2.05, 4.69) is 0 Å². The van der Waals surface area contributed by atoms with Gasteiger partial charge in [0.05, 0.1) is 12.2 Å². The summed E-state index contributed by atoms with van der Waals surface area (Å²) in [5.41, 5.74) is 1.68. The Kier molecular flexibility index (Phi) is 4.58. The Morgan fingerprint density at radius 3 is 2.84 bits per heavy atom. The zero-order valence-electron chi connectivity index (χ0n) is 11.3. The number of nitrogens with zero attached hydrogens (tertiary/aromatic N) is 1. The number of amides is 1. The minimum Gasteiger partial charge on any atom is -0.464 e. The van der Waals surface area contributed by atoms with Gasteiger partial charge in [-0.3, -0.25) is 4.79 Å². The quantitative estimate of drug-likeness (QED) is 0.800. The molecule has 1 atom stereocenters. The van der Waals surface area contributed by atoms with E-state index in [1.54, 1.807) is 11.8 Å². The maximum absolute atomic E-state index is 12.5. The molecule has 0 N–H and O–H groups in total. The van der Waals surface area contributed by atoms with Crippen LogP contribution < -0.4 is 0 Å². The molecule has 0 aromatic carbocycles. The van der Waals surface area contributed by atoms with E-state index < -0.39 is 6.04 Å². The SMILES string of the molecule is CCOC(=O)C1CCCCN1C(=O)c1cscc1C. The number of esters is 1. The lowest BCUT2D eigenvalue weighted by Crippen LogP contribution is -2.48. The fraction of sp³-hybridized carbons (Fsp3) is 0.571. The fourth-order valence-corrected chi connectivity index (χ4v) is 3.21. The maximum Gasteiger partial charge on any atom is 0.328 e. The number of rotatable bonds is 3. The van der Waals surface area contributed by atoms with Crippen molar-refractivity contribution in [2.75, 3.05) is 13.2 Å². The number of thiophene rings is 1. The third-order valence-corrected chi connectivity index (χ3v) is 4.27. The standard InChI is InChI=1S/C14H19NO3S/c1-3-18-14(17)12-6-4-5-7-15(12)13(16)11-9-19-8-10(11)2/h8-9,12H,3-7H2,1-2H3. The molecule has 2 rings (SSSR count). The molecule has 0 saturated carbocycles. The van der Waals surface area contributed by atoms with E-state index in [0.29, 0.717) is 25.1 Å². The van der Waals surface area contributed by atoms with Crippen LogP contribution in [0.4, 0.5) is 0 Å². The number of likely N-dealkylation sites (tertiary alicyclic amines) is 1. The highest BCUT2D eigenvalue weighted by molar-refractivity contribution is 7.08. The van der Waals surface area contributed by atoms with Crippen LogP contribution in [0.2, 0.25) is 0 Å². The summed E-state index contributed by atoms with van der Waals surface area (Å²) in [4.78, 5) is 26.2. The Bertz CT molecular complexity index is 469. The van der Waals surface area contributed by atoms with Gasteiger partial charge in [-0.1, -0.05) is 0 Å². The van der Waals surface area contributed by atoms with Gasteiger partial charge in [0, 0.05) is 11.9 Å². The van der Waals surface area contributed by atoms with Crippen LogP contribution in [-0.2, 0) is 9.53 Å². The molecule has 5 heteroatoms. The largest absolute Gasteiger partial charge is 0.464 e. The van der Waals surface area contributed by atoms with Crippen molar-refractivity contribution in [3.63, 3.8) is 0 Å². The summed E-state index contributed by atoms with van der Waals surface area (Å²) in [6.45, 7) is 4.70. The summed E-state index contributed by atoms with van der Waals surface area (Å²) in [5.74, 6) is -0.320. The normalized spacial score (nSPS) is 19.3. The number of hydrogen-bond donors (Lipinski definition) is 0. The third-order valence-electron chi connectivity index (χ3n) is 3.41. The van der Waals surface area contributed by atoms with Gasteiger partial charge in [0.1, 0.15) is 6.04 Å². The highest BCUT2D eigenvalue weighted by Crippen LogP contribution is 2.23. The predicted molar refractivity (Wildman–Crippen MR) is 74.4 cm³/mol. The van der Waals surface area contributed by atoms with Crippen LogP contribution in [-0.4, -0.2) is 36.0 Å². The van der Waals surface area contributed by atoms with Gasteiger partial charge >= 0.3 is 5.97 Å². The van der Waals surface area contributed by atoms with Gasteiger partial charge in [0.15, 0.2) is 0 Å². The Hall–Kier alpha value is -1.36. The van der Waals surface area contributed by atoms with E-state index >= 15 is 0 Å². The molecular formula is C14H19NO3S. The molecule has 1 aromatic rings. The van der Waals surface area contributed by atoms with Crippen molar-refractivity contribution in [2.45, 2.75) is 39.2 Å². The molecule has 1 aromatic heterocycles. The van der Waals surface area contributed by atoms with Crippen molar-refractivity contribution in [1.82, 2.24) is 4.90 Å². The van der Waals surface area contributed by atoms with Crippen LogP contribution in [0, 0.1) is 6.92 Å². The molecule has 1 amide bonds. The van der Waals surface area contributed by atoms with E-state index in [9.17, 15) is 9.59 Å². The topological polar surface area (TPSA) is 46.6 Å². The zero-order chi connectivity index (χ0) is 13.8. The molecule has 4 nitrogen and oxygen atoms in total.